The van der Waals surface area contributed by atoms with Crippen molar-refractivity contribution >= 4 is 0 Å². The summed E-state index contributed by atoms with van der Waals surface area (Å²) in [6.07, 6.45) is 3.14. The van der Waals surface area contributed by atoms with E-state index in [0.717, 1.165) is 38.7 Å². The molecule has 1 atom stereocenters. The average molecular weight is 242 g/mol. The maximum absolute atomic E-state index is 5.13. The fraction of sp³-hybridized carbons (Fsp3) is 0.857. The van der Waals surface area contributed by atoms with Crippen molar-refractivity contribution in [2.75, 3.05) is 39.9 Å². The van der Waals surface area contributed by atoms with Gasteiger partial charge in [-0.15, -0.1) is 6.58 Å². The van der Waals surface area contributed by atoms with Crippen LogP contribution in [0.1, 0.15) is 27.2 Å². The molecule has 1 N–H and O–H groups in total. The second kappa shape index (κ2) is 10.8. The van der Waals surface area contributed by atoms with E-state index in [-0.39, 0.29) is 0 Å². The van der Waals surface area contributed by atoms with Gasteiger partial charge in [-0.25, -0.2) is 0 Å². The zero-order valence-corrected chi connectivity index (χ0v) is 12.0. The molecule has 3 heteroatoms. The van der Waals surface area contributed by atoms with E-state index in [1.807, 2.05) is 6.08 Å². The van der Waals surface area contributed by atoms with Gasteiger partial charge in [0.15, 0.2) is 0 Å². The Kier molecular flexibility index (Phi) is 10.5. The highest BCUT2D eigenvalue weighted by Crippen LogP contribution is 2.03. The summed E-state index contributed by atoms with van der Waals surface area (Å²) in [5.74, 6) is 0.725. The molecule has 0 aromatic carbocycles. The van der Waals surface area contributed by atoms with Crippen LogP contribution in [0.25, 0.3) is 0 Å². The van der Waals surface area contributed by atoms with Crippen molar-refractivity contribution in [1.29, 1.82) is 0 Å². The maximum Gasteiger partial charge on any atom is 0.0589 e. The van der Waals surface area contributed by atoms with Gasteiger partial charge in [-0.05, 0) is 32.4 Å². The minimum atomic E-state index is 0.572. The van der Waals surface area contributed by atoms with Crippen LogP contribution >= 0.6 is 0 Å². The third-order valence-corrected chi connectivity index (χ3v) is 2.86. The molecule has 0 aromatic rings. The molecule has 0 amide bonds. The smallest absolute Gasteiger partial charge is 0.0589 e. The molecule has 0 bridgehead atoms. The van der Waals surface area contributed by atoms with Crippen LogP contribution in [0.5, 0.6) is 0 Å². The van der Waals surface area contributed by atoms with E-state index in [2.05, 4.69) is 37.6 Å². The first-order chi connectivity index (χ1) is 8.11. The lowest BCUT2D eigenvalue weighted by atomic mass is 10.2. The first kappa shape index (κ1) is 16.6. The van der Waals surface area contributed by atoms with Crippen molar-refractivity contribution < 1.29 is 4.74 Å². The van der Waals surface area contributed by atoms with Gasteiger partial charge >= 0.3 is 0 Å². The number of nitrogens with zero attached hydrogens (tertiary/aromatic N) is 1. The lowest BCUT2D eigenvalue weighted by Gasteiger charge is -2.27. The molecule has 0 aliphatic heterocycles. The highest BCUT2D eigenvalue weighted by Gasteiger charge is 2.11. The zero-order valence-electron chi connectivity index (χ0n) is 12.0. The van der Waals surface area contributed by atoms with Gasteiger partial charge in [0.05, 0.1) is 6.61 Å². The third-order valence-electron chi connectivity index (χ3n) is 2.86. The molecule has 0 saturated carbocycles. The summed E-state index contributed by atoms with van der Waals surface area (Å²) in [4.78, 5) is 2.41. The Labute approximate surface area is 107 Å². The molecule has 0 aromatic heterocycles. The number of methoxy groups -OCH3 is 1. The minimum absolute atomic E-state index is 0.572. The third kappa shape index (κ3) is 9.33. The predicted molar refractivity (Wildman–Crippen MR) is 75.4 cm³/mol. The van der Waals surface area contributed by atoms with Gasteiger partial charge in [-0.1, -0.05) is 19.9 Å². The number of rotatable bonds is 11. The van der Waals surface area contributed by atoms with Crippen molar-refractivity contribution in [2.24, 2.45) is 5.92 Å². The van der Waals surface area contributed by atoms with Gasteiger partial charge < -0.3 is 10.1 Å². The quantitative estimate of drug-likeness (QED) is 0.444. The minimum Gasteiger partial charge on any atom is -0.383 e. The van der Waals surface area contributed by atoms with E-state index in [1.165, 1.54) is 6.42 Å². The summed E-state index contributed by atoms with van der Waals surface area (Å²) in [6, 6.07) is 0.572. The van der Waals surface area contributed by atoms with Gasteiger partial charge in [0, 0.05) is 26.2 Å². The van der Waals surface area contributed by atoms with Crippen molar-refractivity contribution in [3.63, 3.8) is 0 Å². The van der Waals surface area contributed by atoms with Crippen LogP contribution < -0.4 is 5.32 Å². The number of ether oxygens (including phenoxy) is 1. The van der Waals surface area contributed by atoms with Crippen LogP contribution in [0.3, 0.4) is 0 Å². The fourth-order valence-corrected chi connectivity index (χ4v) is 1.75. The monoisotopic (exact) mass is 242 g/mol. The molecule has 0 aliphatic rings. The normalized spacial score (nSPS) is 13.3. The van der Waals surface area contributed by atoms with Crippen molar-refractivity contribution in [2.45, 2.75) is 33.2 Å². The van der Waals surface area contributed by atoms with Gasteiger partial charge in [0.2, 0.25) is 0 Å². The first-order valence-electron chi connectivity index (χ1n) is 6.66. The first-order valence-corrected chi connectivity index (χ1v) is 6.66. The number of hydrogen-bond donors (Lipinski definition) is 1. The van der Waals surface area contributed by atoms with E-state index in [9.17, 15) is 0 Å². The molecule has 17 heavy (non-hydrogen) atoms. The standard InChI is InChI=1S/C14H30N2O/c1-6-9-16(10-11-17-5)14(4)7-8-15-12-13(2)3/h6,13-15H,1,7-12H2,2-5H3. The second-order valence-electron chi connectivity index (χ2n) is 5.01. The highest BCUT2D eigenvalue weighted by atomic mass is 16.5. The Hall–Kier alpha value is -0.380. The average Bonchev–Trinajstić information content (AvgIpc) is 2.29. The molecule has 0 rings (SSSR count). The summed E-state index contributed by atoms with van der Waals surface area (Å²) in [6.45, 7) is 15.5. The molecule has 0 spiro atoms. The highest BCUT2D eigenvalue weighted by molar-refractivity contribution is 4.77. The van der Waals surface area contributed by atoms with Crippen molar-refractivity contribution in [3.8, 4) is 0 Å². The second-order valence-corrected chi connectivity index (χ2v) is 5.01. The van der Waals surface area contributed by atoms with E-state index in [4.69, 9.17) is 4.74 Å². The molecule has 0 fully saturated rings. The van der Waals surface area contributed by atoms with Crippen LogP contribution in [0.4, 0.5) is 0 Å². The summed E-state index contributed by atoms with van der Waals surface area (Å²) in [5, 5.41) is 3.49. The molecule has 1 unspecified atom stereocenters. The molecular formula is C14H30N2O. The zero-order chi connectivity index (χ0) is 13.1. The summed E-state index contributed by atoms with van der Waals surface area (Å²) in [7, 11) is 1.75. The molecule has 102 valence electrons. The summed E-state index contributed by atoms with van der Waals surface area (Å²) < 4.78 is 5.13. The van der Waals surface area contributed by atoms with Crippen LogP contribution in [0.15, 0.2) is 12.7 Å². The van der Waals surface area contributed by atoms with E-state index in [1.54, 1.807) is 7.11 Å². The Morgan fingerprint density at radius 2 is 2.06 bits per heavy atom. The Morgan fingerprint density at radius 1 is 1.35 bits per heavy atom. The van der Waals surface area contributed by atoms with Crippen LogP contribution in [-0.2, 0) is 4.74 Å². The Morgan fingerprint density at radius 3 is 2.59 bits per heavy atom. The van der Waals surface area contributed by atoms with E-state index >= 15 is 0 Å². The molecule has 0 saturated heterocycles. The SMILES string of the molecule is C=CCN(CCOC)C(C)CCNCC(C)C. The van der Waals surface area contributed by atoms with Crippen molar-refractivity contribution in [3.05, 3.63) is 12.7 Å². The lowest BCUT2D eigenvalue weighted by molar-refractivity contribution is 0.130. The largest absolute Gasteiger partial charge is 0.383 e. The topological polar surface area (TPSA) is 24.5 Å². The van der Waals surface area contributed by atoms with Crippen molar-refractivity contribution in [1.82, 2.24) is 10.2 Å². The van der Waals surface area contributed by atoms with Gasteiger partial charge in [0.1, 0.15) is 0 Å². The molecular weight excluding hydrogens is 212 g/mol. The number of nitrogens with one attached hydrogen (secondary N) is 1. The number of hydrogen-bond acceptors (Lipinski definition) is 3. The van der Waals surface area contributed by atoms with Gasteiger partial charge in [-0.2, -0.15) is 0 Å². The fourth-order valence-electron chi connectivity index (χ4n) is 1.75. The molecule has 0 heterocycles. The van der Waals surface area contributed by atoms with Crippen LogP contribution in [-0.4, -0.2) is 50.8 Å². The van der Waals surface area contributed by atoms with E-state index in [0.29, 0.717) is 6.04 Å². The molecule has 0 aliphatic carbocycles. The summed E-state index contributed by atoms with van der Waals surface area (Å²) >= 11 is 0. The Bertz CT molecular complexity index is 183. The Balaban J connectivity index is 3.79. The lowest BCUT2D eigenvalue weighted by Crippen LogP contribution is -2.38. The van der Waals surface area contributed by atoms with Crippen LogP contribution in [0, 0.1) is 5.92 Å². The van der Waals surface area contributed by atoms with Gasteiger partial charge in [0.25, 0.3) is 0 Å². The molecule has 0 radical (unpaired) electrons. The van der Waals surface area contributed by atoms with E-state index < -0.39 is 0 Å². The molecule has 3 nitrogen and oxygen atoms in total. The summed E-state index contributed by atoms with van der Waals surface area (Å²) in [5.41, 5.74) is 0. The van der Waals surface area contributed by atoms with Gasteiger partial charge in [-0.3, -0.25) is 4.90 Å². The van der Waals surface area contributed by atoms with Crippen LogP contribution in [0.2, 0.25) is 0 Å². The predicted octanol–water partition coefficient (Wildman–Crippen LogP) is 2.14. The maximum atomic E-state index is 5.13.